The molecular weight excluding hydrogens is 240 g/mol. The third-order valence-electron chi connectivity index (χ3n) is 2.66. The van der Waals surface area contributed by atoms with E-state index >= 15 is 0 Å². The smallest absolute Gasteiger partial charge is 0.0419 e. The van der Waals surface area contributed by atoms with Gasteiger partial charge in [-0.3, -0.25) is 4.98 Å². The van der Waals surface area contributed by atoms with Gasteiger partial charge in [0.25, 0.3) is 0 Å². The number of hydrogen-bond acceptors (Lipinski definition) is 2. The minimum atomic E-state index is 0.637. The maximum Gasteiger partial charge on any atom is 0.0419 e. The molecule has 1 aliphatic rings. The van der Waals surface area contributed by atoms with Crippen molar-refractivity contribution in [2.45, 2.75) is 31.7 Å². The number of hydrogen-bond donors (Lipinski definition) is 1. The standard InChI is InChI=1S/C11H15BrN2/c12-9-4-5-11(14-8-9)7-10-3-1-2-6-13-10/h4-5,8,10,13H,1-3,6-7H2. The number of halogens is 1. The van der Waals surface area contributed by atoms with Crippen LogP contribution in [0.4, 0.5) is 0 Å². The van der Waals surface area contributed by atoms with Gasteiger partial charge in [-0.2, -0.15) is 0 Å². The lowest BCUT2D eigenvalue weighted by Gasteiger charge is -2.22. The molecule has 0 aliphatic carbocycles. The Kier molecular flexibility index (Phi) is 3.54. The van der Waals surface area contributed by atoms with E-state index in [1.807, 2.05) is 6.20 Å². The number of rotatable bonds is 2. The quantitative estimate of drug-likeness (QED) is 0.878. The molecule has 0 spiro atoms. The van der Waals surface area contributed by atoms with Crippen LogP contribution >= 0.6 is 15.9 Å². The molecule has 0 saturated carbocycles. The summed E-state index contributed by atoms with van der Waals surface area (Å²) in [5.41, 5.74) is 1.19. The van der Waals surface area contributed by atoms with Crippen LogP contribution in [-0.4, -0.2) is 17.6 Å². The Morgan fingerprint density at radius 2 is 2.36 bits per heavy atom. The second-order valence-corrected chi connectivity index (χ2v) is 4.73. The Balaban J connectivity index is 1.92. The first-order valence-corrected chi connectivity index (χ1v) is 5.98. The highest BCUT2D eigenvalue weighted by atomic mass is 79.9. The minimum Gasteiger partial charge on any atom is -0.314 e. The van der Waals surface area contributed by atoms with Crippen molar-refractivity contribution in [2.24, 2.45) is 0 Å². The predicted molar refractivity (Wildman–Crippen MR) is 61.3 cm³/mol. The van der Waals surface area contributed by atoms with Crippen LogP contribution in [0.25, 0.3) is 0 Å². The molecule has 1 fully saturated rings. The summed E-state index contributed by atoms with van der Waals surface area (Å²) >= 11 is 3.39. The van der Waals surface area contributed by atoms with Gasteiger partial charge in [0.15, 0.2) is 0 Å². The van der Waals surface area contributed by atoms with Crippen LogP contribution in [0.15, 0.2) is 22.8 Å². The molecule has 1 aromatic heterocycles. The number of piperidine rings is 1. The van der Waals surface area contributed by atoms with Crippen LogP contribution in [0.3, 0.4) is 0 Å². The van der Waals surface area contributed by atoms with Crippen LogP contribution in [0, 0.1) is 0 Å². The molecule has 0 radical (unpaired) electrons. The number of nitrogens with zero attached hydrogens (tertiary/aromatic N) is 1. The Morgan fingerprint density at radius 3 is 3.00 bits per heavy atom. The molecule has 14 heavy (non-hydrogen) atoms. The average molecular weight is 255 g/mol. The molecule has 3 heteroatoms. The third kappa shape index (κ3) is 2.79. The predicted octanol–water partition coefficient (Wildman–Crippen LogP) is 2.53. The van der Waals surface area contributed by atoms with E-state index in [9.17, 15) is 0 Å². The number of aromatic nitrogens is 1. The highest BCUT2D eigenvalue weighted by molar-refractivity contribution is 9.10. The van der Waals surface area contributed by atoms with E-state index in [2.05, 4.69) is 38.4 Å². The molecular formula is C11H15BrN2. The van der Waals surface area contributed by atoms with Gasteiger partial charge in [-0.15, -0.1) is 0 Å². The van der Waals surface area contributed by atoms with E-state index in [0.29, 0.717) is 6.04 Å². The molecule has 1 aromatic rings. The van der Waals surface area contributed by atoms with Gasteiger partial charge in [-0.1, -0.05) is 6.42 Å². The zero-order chi connectivity index (χ0) is 9.80. The van der Waals surface area contributed by atoms with Crippen molar-refractivity contribution < 1.29 is 0 Å². The lowest BCUT2D eigenvalue weighted by Crippen LogP contribution is -2.35. The molecule has 1 saturated heterocycles. The normalized spacial score (nSPS) is 22.2. The molecule has 1 N–H and O–H groups in total. The van der Waals surface area contributed by atoms with Crippen LogP contribution in [0.2, 0.25) is 0 Å². The number of nitrogens with one attached hydrogen (secondary N) is 1. The van der Waals surface area contributed by atoms with E-state index < -0.39 is 0 Å². The second kappa shape index (κ2) is 4.89. The van der Waals surface area contributed by atoms with Crippen molar-refractivity contribution >= 4 is 15.9 Å². The van der Waals surface area contributed by atoms with E-state index in [1.165, 1.54) is 31.5 Å². The van der Waals surface area contributed by atoms with Gasteiger partial charge < -0.3 is 5.32 Å². The largest absolute Gasteiger partial charge is 0.314 e. The van der Waals surface area contributed by atoms with Crippen LogP contribution < -0.4 is 5.32 Å². The Hall–Kier alpha value is -0.410. The van der Waals surface area contributed by atoms with E-state index in [4.69, 9.17) is 0 Å². The summed E-state index contributed by atoms with van der Waals surface area (Å²) in [7, 11) is 0. The molecule has 1 atom stereocenters. The first kappa shape index (κ1) is 10.1. The van der Waals surface area contributed by atoms with Gasteiger partial charge in [0.2, 0.25) is 0 Å². The molecule has 2 heterocycles. The van der Waals surface area contributed by atoms with Crippen molar-refractivity contribution in [2.75, 3.05) is 6.54 Å². The fraction of sp³-hybridized carbons (Fsp3) is 0.545. The lowest BCUT2D eigenvalue weighted by molar-refractivity contribution is 0.397. The summed E-state index contributed by atoms with van der Waals surface area (Å²) in [6.07, 6.45) is 6.90. The van der Waals surface area contributed by atoms with E-state index in [0.717, 1.165) is 10.9 Å². The van der Waals surface area contributed by atoms with Crippen LogP contribution in [-0.2, 0) is 6.42 Å². The topological polar surface area (TPSA) is 24.9 Å². The Labute approximate surface area is 93.3 Å². The monoisotopic (exact) mass is 254 g/mol. The zero-order valence-corrected chi connectivity index (χ0v) is 9.76. The summed E-state index contributed by atoms with van der Waals surface area (Å²) in [6.45, 7) is 1.17. The van der Waals surface area contributed by atoms with Gasteiger partial charge in [0.05, 0.1) is 0 Å². The summed E-state index contributed by atoms with van der Waals surface area (Å²) in [4.78, 5) is 4.39. The SMILES string of the molecule is Brc1ccc(CC2CCCCN2)nc1. The lowest BCUT2D eigenvalue weighted by atomic mass is 10.0. The summed E-state index contributed by atoms with van der Waals surface area (Å²) in [5.74, 6) is 0. The zero-order valence-electron chi connectivity index (χ0n) is 8.17. The van der Waals surface area contributed by atoms with Crippen molar-refractivity contribution in [3.8, 4) is 0 Å². The van der Waals surface area contributed by atoms with Gasteiger partial charge in [0.1, 0.15) is 0 Å². The number of pyridine rings is 1. The maximum absolute atomic E-state index is 4.39. The van der Waals surface area contributed by atoms with E-state index in [-0.39, 0.29) is 0 Å². The Morgan fingerprint density at radius 1 is 1.43 bits per heavy atom. The molecule has 0 bridgehead atoms. The molecule has 0 aromatic carbocycles. The fourth-order valence-corrected chi connectivity index (χ4v) is 2.11. The van der Waals surface area contributed by atoms with Crippen molar-refractivity contribution in [1.82, 2.24) is 10.3 Å². The van der Waals surface area contributed by atoms with E-state index in [1.54, 1.807) is 0 Å². The third-order valence-corrected chi connectivity index (χ3v) is 3.13. The fourth-order valence-electron chi connectivity index (χ4n) is 1.88. The highest BCUT2D eigenvalue weighted by Crippen LogP contribution is 2.13. The molecule has 0 amide bonds. The van der Waals surface area contributed by atoms with Gasteiger partial charge in [-0.25, -0.2) is 0 Å². The van der Waals surface area contributed by atoms with Gasteiger partial charge in [-0.05, 0) is 47.4 Å². The van der Waals surface area contributed by atoms with Crippen molar-refractivity contribution in [3.63, 3.8) is 0 Å². The average Bonchev–Trinajstić information content (AvgIpc) is 2.23. The van der Waals surface area contributed by atoms with Crippen molar-refractivity contribution in [3.05, 3.63) is 28.5 Å². The molecule has 1 unspecified atom stereocenters. The molecule has 76 valence electrons. The summed E-state index contributed by atoms with van der Waals surface area (Å²) < 4.78 is 1.05. The second-order valence-electron chi connectivity index (χ2n) is 3.82. The first-order chi connectivity index (χ1) is 6.84. The highest BCUT2D eigenvalue weighted by Gasteiger charge is 2.13. The van der Waals surface area contributed by atoms with Gasteiger partial charge in [0, 0.05) is 28.8 Å². The van der Waals surface area contributed by atoms with Gasteiger partial charge >= 0.3 is 0 Å². The summed E-state index contributed by atoms with van der Waals surface area (Å²) in [5, 5.41) is 3.53. The van der Waals surface area contributed by atoms with Crippen molar-refractivity contribution in [1.29, 1.82) is 0 Å². The minimum absolute atomic E-state index is 0.637. The van der Waals surface area contributed by atoms with Crippen LogP contribution in [0.5, 0.6) is 0 Å². The van der Waals surface area contributed by atoms with Crippen LogP contribution in [0.1, 0.15) is 25.0 Å². The Bertz CT molecular complexity index is 278. The maximum atomic E-state index is 4.39. The molecule has 1 aliphatic heterocycles. The molecule has 2 rings (SSSR count). The molecule has 2 nitrogen and oxygen atoms in total. The summed E-state index contributed by atoms with van der Waals surface area (Å²) in [6, 6.07) is 4.79. The first-order valence-electron chi connectivity index (χ1n) is 5.18.